The molecule has 0 aromatic heterocycles. The number of hydrogen-bond acceptors (Lipinski definition) is 2. The second-order valence-corrected chi connectivity index (χ2v) is 9.64. The van der Waals surface area contributed by atoms with Crippen LogP contribution in [0.15, 0.2) is 23.8 Å². The molecule has 142 valence electrons. The van der Waals surface area contributed by atoms with Crippen molar-refractivity contribution in [1.29, 1.82) is 0 Å². The molecule has 0 radical (unpaired) electrons. The molecule has 5 fully saturated rings. The maximum absolute atomic E-state index is 12.7. The van der Waals surface area contributed by atoms with E-state index in [0.29, 0.717) is 6.04 Å². The number of rotatable bonds is 4. The smallest absolute Gasteiger partial charge is 0.315 e. The number of likely N-dealkylation sites (tertiary alicyclic amines) is 1. The second kappa shape index (κ2) is 6.70. The summed E-state index contributed by atoms with van der Waals surface area (Å²) in [5.74, 6) is 2.54. The predicted octanol–water partition coefficient (Wildman–Crippen LogP) is 3.61. The van der Waals surface area contributed by atoms with Crippen LogP contribution in [0.5, 0.6) is 0 Å². The number of urea groups is 1. The molecule has 0 aromatic rings. The Morgan fingerprint density at radius 1 is 1.15 bits per heavy atom. The molecule has 2 amide bonds. The molecule has 4 nitrogen and oxygen atoms in total. The standard InChI is InChI=1S/C22H33N3O/c26-21(24-22-13-17-10-18(14-22)12-19(22)11-17)23-20-6-8-25(9-7-20)15-16-4-2-1-3-5-16/h1-2,4,17-20H,3,5-15H2,(H2,23,24,26). The Kier molecular flexibility index (Phi) is 4.35. The van der Waals surface area contributed by atoms with Crippen LogP contribution in [-0.2, 0) is 0 Å². The van der Waals surface area contributed by atoms with Crippen LogP contribution >= 0.6 is 0 Å². The summed E-state index contributed by atoms with van der Waals surface area (Å²) in [4.78, 5) is 15.2. The van der Waals surface area contributed by atoms with Crippen molar-refractivity contribution in [3.05, 3.63) is 23.8 Å². The summed E-state index contributed by atoms with van der Waals surface area (Å²) in [5, 5.41) is 6.76. The van der Waals surface area contributed by atoms with E-state index < -0.39 is 0 Å². The molecule has 1 aliphatic heterocycles. The highest BCUT2D eigenvalue weighted by Gasteiger charge is 2.58. The van der Waals surface area contributed by atoms with Crippen LogP contribution in [0.25, 0.3) is 0 Å². The maximum atomic E-state index is 12.7. The number of hydrogen-bond donors (Lipinski definition) is 2. The Labute approximate surface area is 157 Å². The third-order valence-electron chi connectivity index (χ3n) is 7.80. The Morgan fingerprint density at radius 3 is 2.62 bits per heavy atom. The zero-order valence-corrected chi connectivity index (χ0v) is 15.9. The summed E-state index contributed by atoms with van der Waals surface area (Å²) >= 11 is 0. The molecule has 2 unspecified atom stereocenters. The van der Waals surface area contributed by atoms with E-state index in [1.54, 1.807) is 5.57 Å². The fraction of sp³-hybridized carbons (Fsp3) is 0.773. The van der Waals surface area contributed by atoms with Crippen molar-refractivity contribution in [2.75, 3.05) is 19.6 Å². The molecule has 2 N–H and O–H groups in total. The Bertz CT molecular complexity index is 603. The van der Waals surface area contributed by atoms with Crippen LogP contribution in [0.4, 0.5) is 4.79 Å². The molecule has 4 heteroatoms. The Balaban J connectivity index is 1.09. The summed E-state index contributed by atoms with van der Waals surface area (Å²) in [7, 11) is 0. The van der Waals surface area contributed by atoms with Crippen LogP contribution in [0, 0.1) is 17.8 Å². The fourth-order valence-electron chi connectivity index (χ4n) is 6.75. The van der Waals surface area contributed by atoms with E-state index in [4.69, 9.17) is 0 Å². The summed E-state index contributed by atoms with van der Waals surface area (Å²) in [5.41, 5.74) is 1.71. The van der Waals surface area contributed by atoms with Crippen molar-refractivity contribution in [3.63, 3.8) is 0 Å². The monoisotopic (exact) mass is 355 g/mol. The summed E-state index contributed by atoms with van der Waals surface area (Å²) < 4.78 is 0. The van der Waals surface area contributed by atoms with Crippen molar-refractivity contribution in [2.45, 2.75) is 69.4 Å². The molecule has 6 rings (SSSR count). The zero-order chi connectivity index (χ0) is 17.6. The van der Waals surface area contributed by atoms with Crippen LogP contribution in [0.3, 0.4) is 0 Å². The Morgan fingerprint density at radius 2 is 1.92 bits per heavy atom. The van der Waals surface area contributed by atoms with Crippen LogP contribution < -0.4 is 10.6 Å². The first-order valence-corrected chi connectivity index (χ1v) is 10.8. The average Bonchev–Trinajstić information content (AvgIpc) is 3.00. The van der Waals surface area contributed by atoms with Gasteiger partial charge in [0.15, 0.2) is 0 Å². The van der Waals surface area contributed by atoms with Gasteiger partial charge in [0.25, 0.3) is 0 Å². The number of piperidine rings is 1. The number of nitrogens with zero attached hydrogens (tertiary/aromatic N) is 1. The zero-order valence-electron chi connectivity index (χ0n) is 15.9. The molecular weight excluding hydrogens is 322 g/mol. The lowest BCUT2D eigenvalue weighted by Gasteiger charge is -2.36. The van der Waals surface area contributed by atoms with Gasteiger partial charge in [-0.15, -0.1) is 0 Å². The minimum atomic E-state index is 0.108. The number of amides is 2. The van der Waals surface area contributed by atoms with Crippen LogP contribution in [-0.4, -0.2) is 42.1 Å². The van der Waals surface area contributed by atoms with Crippen LogP contribution in [0.2, 0.25) is 0 Å². The quantitative estimate of drug-likeness (QED) is 0.809. The molecule has 1 heterocycles. The molecule has 4 saturated carbocycles. The lowest BCUT2D eigenvalue weighted by Crippen LogP contribution is -2.56. The predicted molar refractivity (Wildman–Crippen MR) is 104 cm³/mol. The normalized spacial score (nSPS) is 39.2. The van der Waals surface area contributed by atoms with Gasteiger partial charge in [0, 0.05) is 31.2 Å². The van der Waals surface area contributed by atoms with Gasteiger partial charge in [-0.3, -0.25) is 4.90 Å². The highest BCUT2D eigenvalue weighted by molar-refractivity contribution is 5.75. The third-order valence-corrected chi connectivity index (χ3v) is 7.80. The minimum absolute atomic E-state index is 0.108. The summed E-state index contributed by atoms with van der Waals surface area (Å²) in [6.07, 6.45) is 17.9. The van der Waals surface area contributed by atoms with E-state index in [1.807, 2.05) is 0 Å². The molecule has 0 spiro atoms. The first-order valence-electron chi connectivity index (χ1n) is 10.8. The van der Waals surface area contributed by atoms with E-state index >= 15 is 0 Å². The lowest BCUT2D eigenvalue weighted by molar-refractivity contribution is 0.185. The van der Waals surface area contributed by atoms with Crippen molar-refractivity contribution in [1.82, 2.24) is 15.5 Å². The molecule has 0 aromatic carbocycles. The SMILES string of the molecule is O=C(NC1CCN(CC2=CC=CCC2)CC1)NC12CC3CC(CC1C3)C2. The third kappa shape index (κ3) is 3.21. The molecular formula is C22H33N3O. The number of nitrogens with one attached hydrogen (secondary N) is 2. The molecule has 5 aliphatic carbocycles. The summed E-state index contributed by atoms with van der Waals surface area (Å²) in [6.45, 7) is 3.31. The largest absolute Gasteiger partial charge is 0.335 e. The Hall–Kier alpha value is -1.29. The minimum Gasteiger partial charge on any atom is -0.335 e. The van der Waals surface area contributed by atoms with Crippen LogP contribution in [0.1, 0.15) is 57.8 Å². The lowest BCUT2D eigenvalue weighted by atomic mass is 9.80. The second-order valence-electron chi connectivity index (χ2n) is 9.64. The van der Waals surface area contributed by atoms with E-state index in [1.165, 1.54) is 44.9 Å². The van der Waals surface area contributed by atoms with Gasteiger partial charge in [-0.1, -0.05) is 23.8 Å². The average molecular weight is 356 g/mol. The van der Waals surface area contributed by atoms with Crippen molar-refractivity contribution < 1.29 is 4.79 Å². The molecule has 4 bridgehead atoms. The highest BCUT2D eigenvalue weighted by Crippen LogP contribution is 2.60. The van der Waals surface area contributed by atoms with E-state index in [0.717, 1.165) is 50.2 Å². The molecule has 26 heavy (non-hydrogen) atoms. The van der Waals surface area contributed by atoms with Crippen molar-refractivity contribution >= 4 is 6.03 Å². The van der Waals surface area contributed by atoms with Gasteiger partial charge in [0.05, 0.1) is 0 Å². The number of carbonyl (C=O) groups excluding carboxylic acids is 1. The first-order chi connectivity index (χ1) is 12.7. The number of carbonyl (C=O) groups is 1. The van der Waals surface area contributed by atoms with E-state index in [2.05, 4.69) is 33.8 Å². The van der Waals surface area contributed by atoms with Gasteiger partial charge in [0.2, 0.25) is 0 Å². The van der Waals surface area contributed by atoms with Gasteiger partial charge in [-0.2, -0.15) is 0 Å². The first kappa shape index (κ1) is 16.9. The fourth-order valence-corrected chi connectivity index (χ4v) is 6.75. The maximum Gasteiger partial charge on any atom is 0.315 e. The van der Waals surface area contributed by atoms with Gasteiger partial charge < -0.3 is 10.6 Å². The van der Waals surface area contributed by atoms with E-state index in [9.17, 15) is 4.79 Å². The van der Waals surface area contributed by atoms with Gasteiger partial charge in [-0.25, -0.2) is 4.79 Å². The topological polar surface area (TPSA) is 44.4 Å². The van der Waals surface area contributed by atoms with Gasteiger partial charge in [-0.05, 0) is 75.5 Å². The molecule has 2 atom stereocenters. The van der Waals surface area contributed by atoms with Gasteiger partial charge >= 0.3 is 6.03 Å². The van der Waals surface area contributed by atoms with Crippen molar-refractivity contribution in [3.8, 4) is 0 Å². The van der Waals surface area contributed by atoms with Gasteiger partial charge in [0.1, 0.15) is 0 Å². The van der Waals surface area contributed by atoms with E-state index in [-0.39, 0.29) is 11.6 Å². The van der Waals surface area contributed by atoms with Crippen molar-refractivity contribution in [2.24, 2.45) is 17.8 Å². The molecule has 1 saturated heterocycles. The number of allylic oxidation sites excluding steroid dienone is 3. The highest BCUT2D eigenvalue weighted by atomic mass is 16.2. The molecule has 6 aliphatic rings. The summed E-state index contributed by atoms with van der Waals surface area (Å²) in [6, 6.07) is 0.454.